The molecule has 0 aliphatic carbocycles. The van der Waals surface area contributed by atoms with Gasteiger partial charge in [0.05, 0.1) is 12.3 Å². The van der Waals surface area contributed by atoms with Gasteiger partial charge in [0.15, 0.2) is 17.9 Å². The van der Waals surface area contributed by atoms with E-state index in [0.29, 0.717) is 35.1 Å². The SMILES string of the molecule is CCCCCCCCCCCCOc1ccc(Cl)cc1NC(=O)C(C(=O)C(C)(C)C)N1C(=O)OC(CCCC)C1=O. The minimum absolute atomic E-state index is 0.267. The van der Waals surface area contributed by atoms with E-state index in [9.17, 15) is 19.2 Å². The molecule has 1 aromatic rings. The number of amides is 3. The second kappa shape index (κ2) is 17.4. The quantitative estimate of drug-likeness (QED) is 0.129. The van der Waals surface area contributed by atoms with E-state index in [-0.39, 0.29) is 5.69 Å². The molecular formula is C32H49ClN2O6. The molecule has 3 amide bonds. The van der Waals surface area contributed by atoms with Gasteiger partial charge < -0.3 is 14.8 Å². The molecule has 2 atom stereocenters. The van der Waals surface area contributed by atoms with Gasteiger partial charge in [0.25, 0.3) is 11.8 Å². The lowest BCUT2D eigenvalue weighted by atomic mass is 9.85. The Hall–Kier alpha value is -2.61. The molecule has 1 heterocycles. The van der Waals surface area contributed by atoms with Gasteiger partial charge in [0, 0.05) is 10.4 Å². The van der Waals surface area contributed by atoms with Crippen molar-refractivity contribution in [2.45, 2.75) is 130 Å². The van der Waals surface area contributed by atoms with E-state index >= 15 is 0 Å². The largest absolute Gasteiger partial charge is 0.491 e. The van der Waals surface area contributed by atoms with Crippen LogP contribution in [-0.4, -0.2) is 47.3 Å². The number of Topliss-reactive ketones (excluding diaryl/α,β-unsaturated/α-hetero) is 1. The van der Waals surface area contributed by atoms with Crippen molar-refractivity contribution in [3.63, 3.8) is 0 Å². The van der Waals surface area contributed by atoms with Gasteiger partial charge in [-0.1, -0.05) is 110 Å². The molecule has 2 rings (SSSR count). The molecule has 0 saturated carbocycles. The van der Waals surface area contributed by atoms with E-state index in [0.717, 1.165) is 25.7 Å². The van der Waals surface area contributed by atoms with E-state index in [1.54, 1.807) is 32.9 Å². The van der Waals surface area contributed by atoms with Crippen LogP contribution in [0.4, 0.5) is 10.5 Å². The number of cyclic esters (lactones) is 1. The van der Waals surface area contributed by atoms with Gasteiger partial charge in [-0.15, -0.1) is 0 Å². The van der Waals surface area contributed by atoms with E-state index in [1.807, 2.05) is 6.92 Å². The van der Waals surface area contributed by atoms with Crippen LogP contribution in [0.1, 0.15) is 118 Å². The smallest absolute Gasteiger partial charge is 0.418 e. The molecule has 1 aromatic carbocycles. The van der Waals surface area contributed by atoms with Crippen molar-refractivity contribution in [1.29, 1.82) is 0 Å². The number of nitrogens with one attached hydrogen (secondary N) is 1. The normalized spacial score (nSPS) is 16.0. The highest BCUT2D eigenvalue weighted by molar-refractivity contribution is 6.31. The molecule has 1 fully saturated rings. The first-order chi connectivity index (χ1) is 19.5. The molecule has 1 aliphatic heterocycles. The lowest BCUT2D eigenvalue weighted by Crippen LogP contribution is -2.55. The number of imide groups is 1. The molecule has 41 heavy (non-hydrogen) atoms. The molecule has 9 heteroatoms. The van der Waals surface area contributed by atoms with Crippen LogP contribution >= 0.6 is 11.6 Å². The maximum atomic E-state index is 13.6. The van der Waals surface area contributed by atoms with Crippen molar-refractivity contribution in [3.8, 4) is 5.75 Å². The zero-order chi connectivity index (χ0) is 30.4. The monoisotopic (exact) mass is 592 g/mol. The van der Waals surface area contributed by atoms with Crippen LogP contribution in [0.15, 0.2) is 18.2 Å². The summed E-state index contributed by atoms with van der Waals surface area (Å²) in [7, 11) is 0. The molecule has 0 spiro atoms. The van der Waals surface area contributed by atoms with Crippen molar-refractivity contribution in [3.05, 3.63) is 23.2 Å². The second-order valence-electron chi connectivity index (χ2n) is 11.9. The Morgan fingerprint density at radius 3 is 2.12 bits per heavy atom. The fourth-order valence-corrected chi connectivity index (χ4v) is 4.91. The Bertz CT molecular complexity index is 1020. The summed E-state index contributed by atoms with van der Waals surface area (Å²) in [6.07, 6.45) is 11.9. The van der Waals surface area contributed by atoms with Gasteiger partial charge in [-0.05, 0) is 37.5 Å². The summed E-state index contributed by atoms with van der Waals surface area (Å²) in [6, 6.07) is 3.16. The van der Waals surface area contributed by atoms with Crippen LogP contribution < -0.4 is 10.1 Å². The molecule has 1 saturated heterocycles. The third-order valence-corrected chi connectivity index (χ3v) is 7.46. The average molecular weight is 593 g/mol. The fourth-order valence-electron chi connectivity index (χ4n) is 4.74. The average Bonchev–Trinajstić information content (AvgIpc) is 3.19. The molecular weight excluding hydrogens is 544 g/mol. The first-order valence-corrected chi connectivity index (χ1v) is 15.7. The first kappa shape index (κ1) is 34.6. The number of anilines is 1. The minimum Gasteiger partial charge on any atom is -0.491 e. The van der Waals surface area contributed by atoms with Crippen molar-refractivity contribution >= 4 is 41.0 Å². The maximum absolute atomic E-state index is 13.6. The fraction of sp³-hybridized carbons (Fsp3) is 0.688. The number of halogens is 1. The number of unbranched alkanes of at least 4 members (excludes halogenated alkanes) is 10. The number of hydrogen-bond donors (Lipinski definition) is 1. The van der Waals surface area contributed by atoms with Crippen LogP contribution in [0.25, 0.3) is 0 Å². The molecule has 2 unspecified atom stereocenters. The van der Waals surface area contributed by atoms with Crippen molar-refractivity contribution in [2.24, 2.45) is 5.41 Å². The highest BCUT2D eigenvalue weighted by atomic mass is 35.5. The predicted molar refractivity (Wildman–Crippen MR) is 162 cm³/mol. The third-order valence-electron chi connectivity index (χ3n) is 7.22. The summed E-state index contributed by atoms with van der Waals surface area (Å²) < 4.78 is 11.2. The van der Waals surface area contributed by atoms with Gasteiger partial charge in [0.1, 0.15) is 5.75 Å². The first-order valence-electron chi connectivity index (χ1n) is 15.3. The summed E-state index contributed by atoms with van der Waals surface area (Å²) in [6.45, 7) is 9.55. The number of hydrogen-bond acceptors (Lipinski definition) is 6. The standard InChI is InChI=1S/C32H49ClN2O6/c1-6-8-10-11-12-13-14-15-16-17-21-40-25-20-19-23(33)22-24(25)34-29(37)27(28(36)32(3,4)5)35-30(38)26(18-9-7-2)41-31(35)39/h19-20,22,26-27H,6-18,21H2,1-5H3,(H,34,37). The highest BCUT2D eigenvalue weighted by Crippen LogP contribution is 2.31. The van der Waals surface area contributed by atoms with E-state index in [2.05, 4.69) is 12.2 Å². The maximum Gasteiger partial charge on any atom is 0.418 e. The van der Waals surface area contributed by atoms with Crippen molar-refractivity contribution in [1.82, 2.24) is 4.90 Å². The highest BCUT2D eigenvalue weighted by Gasteiger charge is 2.51. The molecule has 0 radical (unpaired) electrons. The second-order valence-corrected chi connectivity index (χ2v) is 12.3. The number of rotatable bonds is 19. The number of benzene rings is 1. The summed E-state index contributed by atoms with van der Waals surface area (Å²) >= 11 is 6.22. The molecule has 8 nitrogen and oxygen atoms in total. The molecule has 230 valence electrons. The zero-order valence-electron chi connectivity index (χ0n) is 25.6. The van der Waals surface area contributed by atoms with Gasteiger partial charge in [-0.2, -0.15) is 0 Å². The Balaban J connectivity index is 2.05. The van der Waals surface area contributed by atoms with Gasteiger partial charge in [-0.25, -0.2) is 9.69 Å². The van der Waals surface area contributed by atoms with Crippen LogP contribution in [0.2, 0.25) is 5.02 Å². The summed E-state index contributed by atoms with van der Waals surface area (Å²) in [5.41, 5.74) is -0.739. The van der Waals surface area contributed by atoms with Crippen LogP contribution in [0, 0.1) is 5.41 Å². The third kappa shape index (κ3) is 11.0. The summed E-state index contributed by atoms with van der Waals surface area (Å²) in [5, 5.41) is 3.06. The number of carbonyl (C=O) groups excluding carboxylic acids is 4. The van der Waals surface area contributed by atoms with E-state index in [4.69, 9.17) is 21.1 Å². The molecule has 0 bridgehead atoms. The van der Waals surface area contributed by atoms with Gasteiger partial charge in [0.2, 0.25) is 0 Å². The van der Waals surface area contributed by atoms with Crippen molar-refractivity contribution < 1.29 is 28.7 Å². The molecule has 1 aliphatic rings. The van der Waals surface area contributed by atoms with Gasteiger partial charge in [-0.3, -0.25) is 14.4 Å². The Morgan fingerprint density at radius 2 is 1.54 bits per heavy atom. The molecule has 1 N–H and O–H groups in total. The summed E-state index contributed by atoms with van der Waals surface area (Å²) in [4.78, 5) is 53.5. The zero-order valence-corrected chi connectivity index (χ0v) is 26.3. The number of nitrogens with zero attached hydrogens (tertiary/aromatic N) is 1. The number of carbonyl (C=O) groups is 4. The lowest BCUT2D eigenvalue weighted by Gasteiger charge is -2.28. The minimum atomic E-state index is -1.68. The van der Waals surface area contributed by atoms with E-state index < -0.39 is 41.3 Å². The van der Waals surface area contributed by atoms with Crippen LogP contribution in [0.5, 0.6) is 5.75 Å². The molecule has 0 aromatic heterocycles. The Morgan fingerprint density at radius 1 is 0.951 bits per heavy atom. The lowest BCUT2D eigenvalue weighted by molar-refractivity contribution is -0.144. The topological polar surface area (TPSA) is 102 Å². The Labute approximate surface area is 250 Å². The predicted octanol–water partition coefficient (Wildman–Crippen LogP) is 8.10. The van der Waals surface area contributed by atoms with Gasteiger partial charge >= 0.3 is 6.09 Å². The number of ether oxygens (including phenoxy) is 2. The Kier molecular flexibility index (Phi) is 14.7. The van der Waals surface area contributed by atoms with E-state index in [1.165, 1.54) is 51.0 Å². The summed E-state index contributed by atoms with van der Waals surface area (Å²) in [5.74, 6) is -1.68. The van der Waals surface area contributed by atoms with Crippen LogP contribution in [0.3, 0.4) is 0 Å². The van der Waals surface area contributed by atoms with Crippen molar-refractivity contribution in [2.75, 3.05) is 11.9 Å². The van der Waals surface area contributed by atoms with Crippen LogP contribution in [-0.2, 0) is 19.1 Å². The number of ketones is 1.